The van der Waals surface area contributed by atoms with Crippen molar-refractivity contribution in [2.45, 2.75) is 0 Å². The van der Waals surface area contributed by atoms with E-state index in [1.54, 1.807) is 37.5 Å². The monoisotopic (exact) mass is 473 g/mol. The summed E-state index contributed by atoms with van der Waals surface area (Å²) in [5.41, 5.74) is 4.25. The van der Waals surface area contributed by atoms with E-state index >= 15 is 0 Å². The van der Waals surface area contributed by atoms with Crippen molar-refractivity contribution in [2.75, 3.05) is 12.4 Å². The highest BCUT2D eigenvalue weighted by Crippen LogP contribution is 2.26. The minimum Gasteiger partial charge on any atom is -0.497 e. The van der Waals surface area contributed by atoms with Crippen LogP contribution in [-0.2, 0) is 4.79 Å². The molecular weight excluding hydrogens is 454 g/mol. The second-order valence-electron chi connectivity index (χ2n) is 6.77. The molecule has 4 aromatic rings. The van der Waals surface area contributed by atoms with Gasteiger partial charge >= 0.3 is 0 Å². The molecule has 0 aliphatic carbocycles. The van der Waals surface area contributed by atoms with E-state index in [1.807, 2.05) is 65.5 Å². The van der Waals surface area contributed by atoms with E-state index < -0.39 is 0 Å². The predicted octanol–water partition coefficient (Wildman–Crippen LogP) is 5.96. The molecule has 0 unspecified atom stereocenters. The van der Waals surface area contributed by atoms with E-state index in [9.17, 15) is 4.79 Å². The van der Waals surface area contributed by atoms with Crippen molar-refractivity contribution in [2.24, 2.45) is 0 Å². The van der Waals surface area contributed by atoms with E-state index in [-0.39, 0.29) is 5.91 Å². The first-order chi connectivity index (χ1) is 15.1. The molecule has 0 aliphatic heterocycles. The molecular formula is C25H20BrN3O2. The van der Waals surface area contributed by atoms with Gasteiger partial charge in [-0.2, -0.15) is 5.10 Å². The molecule has 0 spiro atoms. The molecule has 0 radical (unpaired) electrons. The maximum atomic E-state index is 12.4. The quantitative estimate of drug-likeness (QED) is 0.351. The molecule has 0 fully saturated rings. The molecule has 0 bridgehead atoms. The zero-order valence-corrected chi connectivity index (χ0v) is 18.4. The minimum atomic E-state index is -0.223. The Bertz CT molecular complexity index is 1200. The number of carbonyl (C=O) groups excluding carboxylic acids is 1. The highest BCUT2D eigenvalue weighted by atomic mass is 79.9. The summed E-state index contributed by atoms with van der Waals surface area (Å²) >= 11 is 3.47. The summed E-state index contributed by atoms with van der Waals surface area (Å²) in [6.45, 7) is 0. The van der Waals surface area contributed by atoms with Gasteiger partial charge in [-0.1, -0.05) is 46.3 Å². The van der Waals surface area contributed by atoms with Crippen molar-refractivity contribution in [3.05, 3.63) is 101 Å². The van der Waals surface area contributed by atoms with Gasteiger partial charge in [-0.25, -0.2) is 4.68 Å². The topological polar surface area (TPSA) is 56.1 Å². The Labute approximate surface area is 189 Å². The number of methoxy groups -OCH3 is 1. The fourth-order valence-electron chi connectivity index (χ4n) is 3.08. The number of anilines is 1. The second kappa shape index (κ2) is 9.45. The molecule has 0 saturated carbocycles. The second-order valence-corrected chi connectivity index (χ2v) is 7.69. The molecule has 3 aromatic carbocycles. The van der Waals surface area contributed by atoms with Crippen LogP contribution >= 0.6 is 15.9 Å². The maximum Gasteiger partial charge on any atom is 0.248 e. The van der Waals surface area contributed by atoms with Gasteiger partial charge in [0.05, 0.1) is 18.5 Å². The SMILES string of the molecule is COc1ccc(NC(=O)/C=C\c2cn(-c3ccccc3)nc2-c2ccc(Br)cc2)cc1. The molecule has 4 rings (SSSR count). The lowest BCUT2D eigenvalue weighted by Crippen LogP contribution is -2.07. The van der Waals surface area contributed by atoms with Gasteiger partial charge in [0.15, 0.2) is 0 Å². The third kappa shape index (κ3) is 5.10. The Morgan fingerprint density at radius 1 is 1.00 bits per heavy atom. The Morgan fingerprint density at radius 3 is 2.39 bits per heavy atom. The van der Waals surface area contributed by atoms with Crippen LogP contribution in [0.2, 0.25) is 0 Å². The van der Waals surface area contributed by atoms with E-state index in [1.165, 1.54) is 6.08 Å². The van der Waals surface area contributed by atoms with E-state index in [0.717, 1.165) is 32.7 Å². The van der Waals surface area contributed by atoms with Crippen LogP contribution in [0.25, 0.3) is 23.0 Å². The zero-order valence-electron chi connectivity index (χ0n) is 16.8. The van der Waals surface area contributed by atoms with Gasteiger partial charge in [0.25, 0.3) is 0 Å². The number of ether oxygens (including phenoxy) is 1. The van der Waals surface area contributed by atoms with Crippen molar-refractivity contribution in [1.29, 1.82) is 0 Å². The molecule has 6 heteroatoms. The number of hydrogen-bond donors (Lipinski definition) is 1. The molecule has 5 nitrogen and oxygen atoms in total. The Balaban J connectivity index is 1.61. The first-order valence-corrected chi connectivity index (χ1v) is 10.5. The van der Waals surface area contributed by atoms with Crippen LogP contribution in [-0.4, -0.2) is 22.8 Å². The van der Waals surface area contributed by atoms with Crippen LogP contribution in [0, 0.1) is 0 Å². The molecule has 154 valence electrons. The van der Waals surface area contributed by atoms with Gasteiger partial charge in [0.1, 0.15) is 5.75 Å². The van der Waals surface area contributed by atoms with Gasteiger partial charge in [-0.15, -0.1) is 0 Å². The number of aromatic nitrogens is 2. The first kappa shape index (κ1) is 20.6. The summed E-state index contributed by atoms with van der Waals surface area (Å²) in [5, 5.41) is 7.62. The van der Waals surface area contributed by atoms with Gasteiger partial charge in [-0.05, 0) is 54.6 Å². The number of benzene rings is 3. The highest BCUT2D eigenvalue weighted by Gasteiger charge is 2.11. The lowest BCUT2D eigenvalue weighted by atomic mass is 10.1. The van der Waals surface area contributed by atoms with Crippen LogP contribution in [0.15, 0.2) is 95.6 Å². The van der Waals surface area contributed by atoms with E-state index in [2.05, 4.69) is 21.2 Å². The maximum absolute atomic E-state index is 12.4. The van der Waals surface area contributed by atoms with Crippen molar-refractivity contribution in [3.63, 3.8) is 0 Å². The summed E-state index contributed by atoms with van der Waals surface area (Å²) in [5.74, 6) is 0.514. The molecule has 1 amide bonds. The molecule has 0 saturated heterocycles. The van der Waals surface area contributed by atoms with Crippen LogP contribution in [0.5, 0.6) is 5.75 Å². The predicted molar refractivity (Wildman–Crippen MR) is 127 cm³/mol. The van der Waals surface area contributed by atoms with Crippen molar-refractivity contribution in [3.8, 4) is 22.7 Å². The van der Waals surface area contributed by atoms with Crippen molar-refractivity contribution < 1.29 is 9.53 Å². The number of halogens is 1. The minimum absolute atomic E-state index is 0.223. The van der Waals surface area contributed by atoms with Gasteiger partial charge < -0.3 is 10.1 Å². The van der Waals surface area contributed by atoms with E-state index in [0.29, 0.717) is 5.69 Å². The Hall–Kier alpha value is -3.64. The summed E-state index contributed by atoms with van der Waals surface area (Å²) in [6.07, 6.45) is 5.21. The lowest BCUT2D eigenvalue weighted by molar-refractivity contribution is -0.111. The first-order valence-electron chi connectivity index (χ1n) is 9.66. The third-order valence-electron chi connectivity index (χ3n) is 4.65. The molecule has 1 N–H and O–H groups in total. The summed E-state index contributed by atoms with van der Waals surface area (Å²) in [4.78, 5) is 12.4. The third-order valence-corrected chi connectivity index (χ3v) is 5.18. The van der Waals surface area contributed by atoms with Crippen molar-refractivity contribution >= 4 is 33.6 Å². The Kier molecular flexibility index (Phi) is 6.29. The number of nitrogens with zero attached hydrogens (tertiary/aromatic N) is 2. The number of amides is 1. The van der Waals surface area contributed by atoms with Gasteiger partial charge in [-0.3, -0.25) is 4.79 Å². The zero-order chi connectivity index (χ0) is 21.6. The standard InChI is InChI=1S/C25H20BrN3O2/c1-31-23-14-12-21(13-15-23)27-24(30)16-9-19-17-29(22-5-3-2-4-6-22)28-25(19)18-7-10-20(26)11-8-18/h2-17H,1H3,(H,27,30)/b16-9-. The fraction of sp³-hybridized carbons (Fsp3) is 0.0400. The van der Waals surface area contributed by atoms with Crippen LogP contribution < -0.4 is 10.1 Å². The summed E-state index contributed by atoms with van der Waals surface area (Å²) in [6, 6.07) is 25.0. The normalized spacial score (nSPS) is 10.9. The molecule has 31 heavy (non-hydrogen) atoms. The summed E-state index contributed by atoms with van der Waals surface area (Å²) in [7, 11) is 1.61. The van der Waals surface area contributed by atoms with E-state index in [4.69, 9.17) is 9.84 Å². The average molecular weight is 474 g/mol. The summed E-state index contributed by atoms with van der Waals surface area (Å²) < 4.78 is 7.95. The average Bonchev–Trinajstić information content (AvgIpc) is 3.24. The molecule has 1 aromatic heterocycles. The van der Waals surface area contributed by atoms with Crippen LogP contribution in [0.1, 0.15) is 5.56 Å². The van der Waals surface area contributed by atoms with Gasteiger partial charge in [0.2, 0.25) is 5.91 Å². The highest BCUT2D eigenvalue weighted by molar-refractivity contribution is 9.10. The Morgan fingerprint density at radius 2 is 1.71 bits per heavy atom. The number of carbonyl (C=O) groups is 1. The van der Waals surface area contributed by atoms with Crippen LogP contribution in [0.3, 0.4) is 0 Å². The number of hydrogen-bond acceptors (Lipinski definition) is 3. The van der Waals surface area contributed by atoms with Crippen molar-refractivity contribution in [1.82, 2.24) is 9.78 Å². The van der Waals surface area contributed by atoms with Gasteiger partial charge in [0, 0.05) is 33.6 Å². The lowest BCUT2D eigenvalue weighted by Gasteiger charge is -2.03. The number of nitrogens with one attached hydrogen (secondary N) is 1. The smallest absolute Gasteiger partial charge is 0.248 e. The number of para-hydroxylation sites is 1. The molecule has 0 atom stereocenters. The fourth-order valence-corrected chi connectivity index (χ4v) is 3.34. The van der Waals surface area contributed by atoms with Crippen LogP contribution in [0.4, 0.5) is 5.69 Å². The number of rotatable bonds is 6. The molecule has 0 aliphatic rings. The molecule has 1 heterocycles. The largest absolute Gasteiger partial charge is 0.497 e.